The van der Waals surface area contributed by atoms with E-state index in [2.05, 4.69) is 21.9 Å². The minimum Gasteiger partial charge on any atom is -0.368 e. The molecule has 0 spiro atoms. The van der Waals surface area contributed by atoms with Crippen molar-refractivity contribution >= 4 is 45.0 Å². The second-order valence-corrected chi connectivity index (χ2v) is 8.81. The molecule has 2 aromatic heterocycles. The maximum atomic E-state index is 13.0. The van der Waals surface area contributed by atoms with E-state index in [-0.39, 0.29) is 18.0 Å². The third-order valence-electron chi connectivity index (χ3n) is 6.20. The summed E-state index contributed by atoms with van der Waals surface area (Å²) in [7, 11) is 0. The minimum atomic E-state index is -0.280. The van der Waals surface area contributed by atoms with E-state index in [4.69, 9.17) is 11.6 Å². The number of aromatic nitrogens is 3. The Labute approximate surface area is 190 Å². The maximum absolute atomic E-state index is 13.0. The number of hydrogen-bond acceptors (Lipinski definition) is 4. The van der Waals surface area contributed by atoms with Crippen molar-refractivity contribution < 1.29 is 4.79 Å². The number of aromatic amines is 1. The van der Waals surface area contributed by atoms with E-state index < -0.39 is 0 Å². The first-order valence-electron chi connectivity index (χ1n) is 10.7. The largest absolute Gasteiger partial charge is 0.368 e. The van der Waals surface area contributed by atoms with E-state index in [1.54, 1.807) is 11.1 Å². The van der Waals surface area contributed by atoms with Gasteiger partial charge in [-0.15, -0.1) is 0 Å². The molecule has 1 aliphatic rings. The molecular weight excluding hydrogens is 426 g/mol. The summed E-state index contributed by atoms with van der Waals surface area (Å²) in [4.78, 5) is 33.1. The van der Waals surface area contributed by atoms with Gasteiger partial charge in [0.1, 0.15) is 12.1 Å². The van der Waals surface area contributed by atoms with Crippen LogP contribution in [0.4, 0.5) is 5.69 Å². The van der Waals surface area contributed by atoms with E-state index in [0.717, 1.165) is 46.2 Å². The highest BCUT2D eigenvalue weighted by molar-refractivity contribution is 6.30. The van der Waals surface area contributed by atoms with Crippen LogP contribution in [0.25, 0.3) is 21.8 Å². The van der Waals surface area contributed by atoms with Gasteiger partial charge in [-0.1, -0.05) is 29.3 Å². The molecule has 0 radical (unpaired) electrons. The molecule has 1 fully saturated rings. The summed E-state index contributed by atoms with van der Waals surface area (Å²) in [6.07, 6.45) is 1.67. The number of nitrogens with zero attached hydrogens (tertiary/aromatic N) is 4. The van der Waals surface area contributed by atoms with Gasteiger partial charge in [-0.2, -0.15) is 5.10 Å². The van der Waals surface area contributed by atoms with E-state index in [0.29, 0.717) is 23.6 Å². The molecule has 3 heterocycles. The second-order valence-electron chi connectivity index (χ2n) is 8.37. The number of carbonyl (C=O) groups is 1. The first-order valence-corrected chi connectivity index (χ1v) is 11.1. The first-order chi connectivity index (χ1) is 15.4. The Hall–Kier alpha value is -3.32. The summed E-state index contributed by atoms with van der Waals surface area (Å²) >= 11 is 6.16. The summed E-state index contributed by atoms with van der Waals surface area (Å²) in [6.45, 7) is 6.62. The SMILES string of the molecule is Cc1ccc2[nH]c3c(=O)n(CC(=O)N4CCN(c5cc(Cl)ccc5C)CC4)ncc3c2c1. The number of carbonyl (C=O) groups excluding carboxylic acids is 1. The van der Waals surface area contributed by atoms with Gasteiger partial charge < -0.3 is 14.8 Å². The van der Waals surface area contributed by atoms with E-state index in [1.165, 1.54) is 4.68 Å². The quantitative estimate of drug-likeness (QED) is 0.519. The summed E-state index contributed by atoms with van der Waals surface area (Å²) in [5, 5.41) is 6.74. The maximum Gasteiger partial charge on any atom is 0.291 e. The predicted octanol–water partition coefficient (Wildman–Crippen LogP) is 3.50. The molecule has 1 N–H and O–H groups in total. The zero-order valence-corrected chi connectivity index (χ0v) is 18.8. The van der Waals surface area contributed by atoms with Crippen molar-refractivity contribution in [3.05, 3.63) is 69.1 Å². The van der Waals surface area contributed by atoms with Crippen LogP contribution in [0.15, 0.2) is 47.4 Å². The molecule has 7 nitrogen and oxygen atoms in total. The Kier molecular flexibility index (Phi) is 5.13. The molecule has 0 unspecified atom stereocenters. The lowest BCUT2D eigenvalue weighted by atomic mass is 10.1. The zero-order chi connectivity index (χ0) is 22.4. The third-order valence-corrected chi connectivity index (χ3v) is 6.43. The topological polar surface area (TPSA) is 74.2 Å². The molecular formula is C24H24ClN5O2. The fraction of sp³-hybridized carbons (Fsp3) is 0.292. The molecule has 2 aromatic carbocycles. The van der Waals surface area contributed by atoms with Gasteiger partial charge in [0.05, 0.1) is 6.20 Å². The number of anilines is 1. The van der Waals surface area contributed by atoms with Crippen molar-refractivity contribution in [2.75, 3.05) is 31.1 Å². The van der Waals surface area contributed by atoms with Crippen molar-refractivity contribution in [2.24, 2.45) is 0 Å². The van der Waals surface area contributed by atoms with Crippen molar-refractivity contribution in [1.82, 2.24) is 19.7 Å². The van der Waals surface area contributed by atoms with E-state index in [1.807, 2.05) is 43.3 Å². The fourth-order valence-electron chi connectivity index (χ4n) is 4.40. The molecule has 1 amide bonds. The number of fused-ring (bicyclic) bond motifs is 3. The van der Waals surface area contributed by atoms with Crippen LogP contribution in [0.5, 0.6) is 0 Å². The van der Waals surface area contributed by atoms with Gasteiger partial charge in [-0.05, 0) is 43.7 Å². The highest BCUT2D eigenvalue weighted by atomic mass is 35.5. The van der Waals surface area contributed by atoms with Gasteiger partial charge in [0, 0.05) is 53.2 Å². The van der Waals surface area contributed by atoms with Crippen molar-refractivity contribution in [3.8, 4) is 0 Å². The zero-order valence-electron chi connectivity index (χ0n) is 18.1. The van der Waals surface area contributed by atoms with Gasteiger partial charge in [-0.3, -0.25) is 9.59 Å². The van der Waals surface area contributed by atoms with Crippen LogP contribution < -0.4 is 10.5 Å². The normalized spacial score (nSPS) is 14.5. The lowest BCUT2D eigenvalue weighted by Crippen LogP contribution is -2.50. The number of halogens is 1. The highest BCUT2D eigenvalue weighted by Gasteiger charge is 2.23. The fourth-order valence-corrected chi connectivity index (χ4v) is 4.57. The molecule has 164 valence electrons. The number of piperazine rings is 1. The average molecular weight is 450 g/mol. The summed E-state index contributed by atoms with van der Waals surface area (Å²) in [5.74, 6) is -0.103. The number of hydrogen-bond donors (Lipinski definition) is 1. The molecule has 1 aliphatic heterocycles. The second kappa shape index (κ2) is 7.98. The van der Waals surface area contributed by atoms with Crippen molar-refractivity contribution in [3.63, 3.8) is 0 Å². The number of rotatable bonds is 3. The molecule has 8 heteroatoms. The van der Waals surface area contributed by atoms with Crippen molar-refractivity contribution in [2.45, 2.75) is 20.4 Å². The summed E-state index contributed by atoms with van der Waals surface area (Å²) in [5.41, 5.74) is 4.46. The predicted molar refractivity (Wildman–Crippen MR) is 128 cm³/mol. The lowest BCUT2D eigenvalue weighted by Gasteiger charge is -2.36. The molecule has 32 heavy (non-hydrogen) atoms. The summed E-state index contributed by atoms with van der Waals surface area (Å²) < 4.78 is 1.25. The smallest absolute Gasteiger partial charge is 0.291 e. The van der Waals surface area contributed by atoms with Gasteiger partial charge in [0.25, 0.3) is 5.56 Å². The Bertz CT molecular complexity index is 1400. The number of H-pyrrole nitrogens is 1. The van der Waals surface area contributed by atoms with Crippen LogP contribution in [0.2, 0.25) is 5.02 Å². The molecule has 0 atom stereocenters. The third kappa shape index (κ3) is 3.62. The monoisotopic (exact) mass is 449 g/mol. The average Bonchev–Trinajstić information content (AvgIpc) is 3.16. The van der Waals surface area contributed by atoms with Gasteiger partial charge in [-0.25, -0.2) is 4.68 Å². The Morgan fingerprint density at radius 3 is 2.62 bits per heavy atom. The summed E-state index contributed by atoms with van der Waals surface area (Å²) in [6, 6.07) is 11.9. The highest BCUT2D eigenvalue weighted by Crippen LogP contribution is 2.26. The minimum absolute atomic E-state index is 0.0701. The van der Waals surface area contributed by atoms with E-state index >= 15 is 0 Å². The Morgan fingerprint density at radius 1 is 1.06 bits per heavy atom. The molecule has 0 aliphatic carbocycles. The van der Waals surface area contributed by atoms with Crippen molar-refractivity contribution in [1.29, 1.82) is 0 Å². The van der Waals surface area contributed by atoms with E-state index in [9.17, 15) is 9.59 Å². The number of aryl methyl sites for hydroxylation is 2. The molecule has 5 rings (SSSR count). The number of amides is 1. The first kappa shape index (κ1) is 20.6. The van der Waals surface area contributed by atoms with Crippen LogP contribution in [0.1, 0.15) is 11.1 Å². The van der Waals surface area contributed by atoms with Crippen LogP contribution in [-0.2, 0) is 11.3 Å². The number of benzene rings is 2. The van der Waals surface area contributed by atoms with Gasteiger partial charge in [0.15, 0.2) is 0 Å². The van der Waals surface area contributed by atoms with Crippen LogP contribution in [-0.4, -0.2) is 51.8 Å². The molecule has 4 aromatic rings. The van der Waals surface area contributed by atoms with Gasteiger partial charge in [0.2, 0.25) is 5.91 Å². The van der Waals surface area contributed by atoms with Gasteiger partial charge >= 0.3 is 0 Å². The number of nitrogens with one attached hydrogen (secondary N) is 1. The molecule has 0 bridgehead atoms. The lowest BCUT2D eigenvalue weighted by molar-refractivity contribution is -0.132. The van der Waals surface area contributed by atoms with Crippen LogP contribution in [0.3, 0.4) is 0 Å². The Morgan fingerprint density at radius 2 is 1.84 bits per heavy atom. The standard InChI is InChI=1S/C24H24ClN5O2/c1-15-3-6-20-18(11-15)19-13-26-30(24(32)23(19)27-20)14-22(31)29-9-7-28(8-10-29)21-12-17(25)5-4-16(21)2/h3-6,11-13,27H,7-10,14H2,1-2H3. The molecule has 0 saturated carbocycles. The van der Waals surface area contributed by atoms with Crippen LogP contribution in [0, 0.1) is 13.8 Å². The Balaban J connectivity index is 1.32. The van der Waals surface area contributed by atoms with Crippen LogP contribution >= 0.6 is 11.6 Å². The molecule has 1 saturated heterocycles.